The molecule has 3 amide bonds. The zero-order chi connectivity index (χ0) is 20.1. The number of carbonyl (C=O) groups excluding carboxylic acids is 3. The number of piperazine rings is 1. The monoisotopic (exact) mass is 406 g/mol. The molecule has 2 fully saturated rings. The quantitative estimate of drug-likeness (QED) is 0.715. The first-order chi connectivity index (χ1) is 13.4. The Labute approximate surface area is 170 Å². The lowest BCUT2D eigenvalue weighted by Crippen LogP contribution is -2.51. The second kappa shape index (κ2) is 9.39. The molecule has 152 valence electrons. The van der Waals surface area contributed by atoms with E-state index >= 15 is 0 Å². The number of rotatable bonds is 7. The molecule has 1 heterocycles. The SMILES string of the molecule is CC(=O)NC(CC(=O)N1CCN(CC(=O)NC2CC2)CC1)c1ccc(Cl)cc1. The molecule has 1 saturated heterocycles. The number of nitrogens with zero attached hydrogens (tertiary/aromatic N) is 2. The largest absolute Gasteiger partial charge is 0.352 e. The fourth-order valence-corrected chi connectivity index (χ4v) is 3.48. The fraction of sp³-hybridized carbons (Fsp3) is 0.550. The summed E-state index contributed by atoms with van der Waals surface area (Å²) >= 11 is 5.93. The molecule has 2 N–H and O–H groups in total. The summed E-state index contributed by atoms with van der Waals surface area (Å²) in [4.78, 5) is 40.1. The van der Waals surface area contributed by atoms with Gasteiger partial charge < -0.3 is 15.5 Å². The van der Waals surface area contributed by atoms with Crippen LogP contribution in [-0.4, -0.2) is 66.3 Å². The van der Waals surface area contributed by atoms with Crippen molar-refractivity contribution >= 4 is 29.3 Å². The molecular formula is C20H27ClN4O3. The lowest BCUT2D eigenvalue weighted by atomic mass is 10.0. The van der Waals surface area contributed by atoms with E-state index in [-0.39, 0.29) is 30.2 Å². The van der Waals surface area contributed by atoms with E-state index < -0.39 is 0 Å². The Balaban J connectivity index is 1.50. The van der Waals surface area contributed by atoms with Crippen molar-refractivity contribution in [2.75, 3.05) is 32.7 Å². The van der Waals surface area contributed by atoms with E-state index in [9.17, 15) is 14.4 Å². The molecule has 0 bridgehead atoms. The summed E-state index contributed by atoms with van der Waals surface area (Å²) in [5, 5.41) is 6.45. The van der Waals surface area contributed by atoms with Gasteiger partial charge in [-0.25, -0.2) is 0 Å². The molecule has 0 spiro atoms. The fourth-order valence-electron chi connectivity index (χ4n) is 3.36. The highest BCUT2D eigenvalue weighted by atomic mass is 35.5. The molecule has 1 saturated carbocycles. The summed E-state index contributed by atoms with van der Waals surface area (Å²) in [6.07, 6.45) is 2.36. The van der Waals surface area contributed by atoms with Gasteiger partial charge in [0.1, 0.15) is 0 Å². The van der Waals surface area contributed by atoms with Crippen LogP contribution in [0, 0.1) is 0 Å². The third kappa shape index (κ3) is 6.21. The van der Waals surface area contributed by atoms with Crippen LogP contribution >= 0.6 is 11.6 Å². The third-order valence-electron chi connectivity index (χ3n) is 5.06. The van der Waals surface area contributed by atoms with Gasteiger partial charge in [0.15, 0.2) is 0 Å². The first kappa shape index (κ1) is 20.6. The average Bonchev–Trinajstić information content (AvgIpc) is 3.45. The maximum atomic E-state index is 12.8. The minimum atomic E-state index is -0.385. The number of nitrogens with one attached hydrogen (secondary N) is 2. The predicted molar refractivity (Wildman–Crippen MR) is 107 cm³/mol. The number of hydrogen-bond acceptors (Lipinski definition) is 4. The van der Waals surface area contributed by atoms with Gasteiger partial charge in [0, 0.05) is 44.2 Å². The summed E-state index contributed by atoms with van der Waals surface area (Å²) in [5.74, 6) is -0.120. The Morgan fingerprint density at radius 3 is 2.32 bits per heavy atom. The zero-order valence-corrected chi connectivity index (χ0v) is 16.9. The van der Waals surface area contributed by atoms with Crippen LogP contribution in [0.3, 0.4) is 0 Å². The van der Waals surface area contributed by atoms with E-state index in [1.54, 1.807) is 17.0 Å². The summed E-state index contributed by atoms with van der Waals surface area (Å²) in [5.41, 5.74) is 0.850. The van der Waals surface area contributed by atoms with E-state index in [4.69, 9.17) is 11.6 Å². The van der Waals surface area contributed by atoms with Crippen molar-refractivity contribution in [3.63, 3.8) is 0 Å². The van der Waals surface area contributed by atoms with Crippen LogP contribution in [0.15, 0.2) is 24.3 Å². The molecule has 7 nitrogen and oxygen atoms in total. The molecule has 8 heteroatoms. The Hall–Kier alpha value is -2.12. The van der Waals surface area contributed by atoms with Crippen molar-refractivity contribution in [2.24, 2.45) is 0 Å². The standard InChI is InChI=1S/C20H27ClN4O3/c1-14(26)22-18(15-2-4-16(21)5-3-15)12-20(28)25-10-8-24(9-11-25)13-19(27)23-17-6-7-17/h2-5,17-18H,6-13H2,1H3,(H,22,26)(H,23,27). The summed E-state index contributed by atoms with van der Waals surface area (Å²) in [7, 11) is 0. The molecule has 3 rings (SSSR count). The molecule has 1 atom stereocenters. The molecular weight excluding hydrogens is 380 g/mol. The molecule has 0 radical (unpaired) electrons. The molecule has 1 aromatic carbocycles. The summed E-state index contributed by atoms with van der Waals surface area (Å²) in [6.45, 7) is 4.35. The van der Waals surface area contributed by atoms with Crippen LogP contribution in [0.1, 0.15) is 37.8 Å². The van der Waals surface area contributed by atoms with Crippen molar-refractivity contribution in [1.29, 1.82) is 0 Å². The molecule has 1 unspecified atom stereocenters. The normalized spacial score (nSPS) is 18.4. The van der Waals surface area contributed by atoms with Gasteiger partial charge in [-0.1, -0.05) is 23.7 Å². The highest BCUT2D eigenvalue weighted by Gasteiger charge is 2.27. The highest BCUT2D eigenvalue weighted by Crippen LogP contribution is 2.21. The maximum absolute atomic E-state index is 12.8. The Morgan fingerprint density at radius 2 is 1.75 bits per heavy atom. The van der Waals surface area contributed by atoms with Crippen molar-refractivity contribution < 1.29 is 14.4 Å². The Bertz CT molecular complexity index is 713. The number of carbonyl (C=O) groups is 3. The van der Waals surface area contributed by atoms with Gasteiger partial charge in [-0.3, -0.25) is 19.3 Å². The van der Waals surface area contributed by atoms with Crippen molar-refractivity contribution in [3.05, 3.63) is 34.9 Å². The molecule has 1 aliphatic carbocycles. The zero-order valence-electron chi connectivity index (χ0n) is 16.1. The first-order valence-corrected chi connectivity index (χ1v) is 10.1. The molecule has 2 aliphatic rings. The van der Waals surface area contributed by atoms with Crippen LogP contribution < -0.4 is 10.6 Å². The number of hydrogen-bond donors (Lipinski definition) is 2. The van der Waals surface area contributed by atoms with Gasteiger partial charge in [0.25, 0.3) is 0 Å². The number of benzene rings is 1. The van der Waals surface area contributed by atoms with Crippen molar-refractivity contribution in [2.45, 2.75) is 38.3 Å². The second-order valence-electron chi connectivity index (χ2n) is 7.51. The molecule has 1 aliphatic heterocycles. The smallest absolute Gasteiger partial charge is 0.234 e. The lowest BCUT2D eigenvalue weighted by Gasteiger charge is -2.35. The second-order valence-corrected chi connectivity index (χ2v) is 7.94. The van der Waals surface area contributed by atoms with Gasteiger partial charge in [-0.15, -0.1) is 0 Å². The Kier molecular flexibility index (Phi) is 6.91. The van der Waals surface area contributed by atoms with E-state index in [2.05, 4.69) is 15.5 Å². The van der Waals surface area contributed by atoms with Crippen LogP contribution in [0.5, 0.6) is 0 Å². The Morgan fingerprint density at radius 1 is 1.11 bits per heavy atom. The maximum Gasteiger partial charge on any atom is 0.234 e. The summed E-state index contributed by atoms with van der Waals surface area (Å²) in [6, 6.07) is 7.14. The minimum Gasteiger partial charge on any atom is -0.352 e. The van der Waals surface area contributed by atoms with Gasteiger partial charge in [-0.2, -0.15) is 0 Å². The molecule has 28 heavy (non-hydrogen) atoms. The first-order valence-electron chi connectivity index (χ1n) is 9.73. The molecule has 1 aromatic rings. The van der Waals surface area contributed by atoms with Gasteiger partial charge in [0.05, 0.1) is 19.0 Å². The topological polar surface area (TPSA) is 81.8 Å². The molecule has 0 aromatic heterocycles. The van der Waals surface area contributed by atoms with Crippen LogP contribution in [0.25, 0.3) is 0 Å². The van der Waals surface area contributed by atoms with Crippen LogP contribution in [-0.2, 0) is 14.4 Å². The van der Waals surface area contributed by atoms with E-state index in [1.165, 1.54) is 6.92 Å². The predicted octanol–water partition coefficient (Wildman–Crippen LogP) is 1.33. The van der Waals surface area contributed by atoms with E-state index in [0.29, 0.717) is 43.8 Å². The van der Waals surface area contributed by atoms with E-state index in [0.717, 1.165) is 18.4 Å². The third-order valence-corrected chi connectivity index (χ3v) is 5.32. The van der Waals surface area contributed by atoms with E-state index in [1.807, 2.05) is 12.1 Å². The van der Waals surface area contributed by atoms with Gasteiger partial charge in [-0.05, 0) is 30.5 Å². The van der Waals surface area contributed by atoms with Crippen molar-refractivity contribution in [1.82, 2.24) is 20.4 Å². The van der Waals surface area contributed by atoms with Crippen LogP contribution in [0.4, 0.5) is 0 Å². The van der Waals surface area contributed by atoms with Crippen LogP contribution in [0.2, 0.25) is 5.02 Å². The highest BCUT2D eigenvalue weighted by molar-refractivity contribution is 6.30. The lowest BCUT2D eigenvalue weighted by molar-refractivity contribution is -0.134. The van der Waals surface area contributed by atoms with Crippen molar-refractivity contribution in [3.8, 4) is 0 Å². The average molecular weight is 407 g/mol. The van der Waals surface area contributed by atoms with Gasteiger partial charge in [0.2, 0.25) is 17.7 Å². The summed E-state index contributed by atoms with van der Waals surface area (Å²) < 4.78 is 0. The number of halogens is 1. The minimum absolute atomic E-state index is 0.00391. The number of amides is 3. The van der Waals surface area contributed by atoms with Gasteiger partial charge >= 0.3 is 0 Å².